The van der Waals surface area contributed by atoms with Crippen molar-refractivity contribution >= 4 is 23.4 Å². The monoisotopic (exact) mass is 522 g/mol. The number of amides is 2. The van der Waals surface area contributed by atoms with E-state index >= 15 is 0 Å². The Morgan fingerprint density at radius 3 is 2.62 bits per heavy atom. The molecule has 8 nitrogen and oxygen atoms in total. The first kappa shape index (κ1) is 24.8. The second-order valence-corrected chi connectivity index (χ2v) is 9.38. The lowest BCUT2D eigenvalue weighted by Gasteiger charge is -2.21. The number of likely N-dealkylation sites (tertiary alicyclic amines) is 1. The highest BCUT2D eigenvalue weighted by atomic mass is 35.5. The van der Waals surface area contributed by atoms with E-state index in [1.165, 1.54) is 0 Å². The Bertz CT molecular complexity index is 1330. The first-order valence-electron chi connectivity index (χ1n) is 11.9. The molecule has 3 aromatic rings. The minimum atomic E-state index is -0.487. The summed E-state index contributed by atoms with van der Waals surface area (Å²) in [5.41, 5.74) is 2.21. The second-order valence-electron chi connectivity index (χ2n) is 8.95. The molecule has 2 atom stereocenters. The van der Waals surface area contributed by atoms with Gasteiger partial charge in [0.1, 0.15) is 11.5 Å². The van der Waals surface area contributed by atoms with Crippen LogP contribution in [0.25, 0.3) is 0 Å². The van der Waals surface area contributed by atoms with Gasteiger partial charge in [-0.25, -0.2) is 0 Å². The topological polar surface area (TPSA) is 86.3 Å². The van der Waals surface area contributed by atoms with E-state index in [2.05, 4.69) is 5.32 Å². The van der Waals surface area contributed by atoms with Crippen LogP contribution in [0, 0.1) is 5.92 Å². The minimum Gasteiger partial charge on any atom is -0.497 e. The van der Waals surface area contributed by atoms with Crippen molar-refractivity contribution in [3.8, 4) is 23.0 Å². The van der Waals surface area contributed by atoms with Crippen LogP contribution >= 0.6 is 11.6 Å². The normalized spacial score (nSPS) is 18.0. The molecular formula is C28H27ClN2O6. The van der Waals surface area contributed by atoms with E-state index in [0.717, 1.165) is 11.1 Å². The molecule has 2 amide bonds. The van der Waals surface area contributed by atoms with E-state index in [0.29, 0.717) is 46.7 Å². The molecule has 0 radical (unpaired) electrons. The van der Waals surface area contributed by atoms with Gasteiger partial charge >= 0.3 is 0 Å². The number of ether oxygens (including phenoxy) is 4. The zero-order valence-electron chi connectivity index (χ0n) is 20.5. The zero-order chi connectivity index (χ0) is 25.9. The molecule has 1 N–H and O–H groups in total. The number of halogens is 1. The lowest BCUT2D eigenvalue weighted by Crippen LogP contribution is -2.35. The van der Waals surface area contributed by atoms with E-state index < -0.39 is 5.92 Å². The minimum absolute atomic E-state index is 0.151. The number of benzene rings is 3. The van der Waals surface area contributed by atoms with Crippen molar-refractivity contribution in [3.63, 3.8) is 0 Å². The molecule has 37 heavy (non-hydrogen) atoms. The summed E-state index contributed by atoms with van der Waals surface area (Å²) in [6.07, 6.45) is 0. The van der Waals surface area contributed by atoms with Gasteiger partial charge in [-0.1, -0.05) is 29.8 Å². The molecule has 3 aromatic carbocycles. The van der Waals surface area contributed by atoms with Gasteiger partial charge < -0.3 is 29.2 Å². The molecule has 192 valence electrons. The average molecular weight is 523 g/mol. The summed E-state index contributed by atoms with van der Waals surface area (Å²) in [6, 6.07) is 17.9. The van der Waals surface area contributed by atoms with Gasteiger partial charge in [-0.2, -0.15) is 0 Å². The first-order valence-corrected chi connectivity index (χ1v) is 12.3. The van der Waals surface area contributed by atoms with Gasteiger partial charge in [-0.05, 0) is 42.0 Å². The summed E-state index contributed by atoms with van der Waals surface area (Å²) < 4.78 is 21.8. The quantitative estimate of drug-likeness (QED) is 0.499. The summed E-state index contributed by atoms with van der Waals surface area (Å²) in [5.74, 6) is 1.51. The van der Waals surface area contributed by atoms with Crippen molar-refractivity contribution in [2.75, 3.05) is 34.1 Å². The lowest BCUT2D eigenvalue weighted by atomic mass is 9.87. The van der Waals surface area contributed by atoms with Crippen LogP contribution in [0.3, 0.4) is 0 Å². The zero-order valence-corrected chi connectivity index (χ0v) is 21.3. The van der Waals surface area contributed by atoms with Crippen LogP contribution in [0.4, 0.5) is 0 Å². The molecule has 2 unspecified atom stereocenters. The fraction of sp³-hybridized carbons (Fsp3) is 0.286. The van der Waals surface area contributed by atoms with Gasteiger partial charge in [-0.15, -0.1) is 0 Å². The molecule has 2 heterocycles. The third-order valence-corrected chi connectivity index (χ3v) is 6.99. The number of methoxy groups -OCH3 is 2. The summed E-state index contributed by atoms with van der Waals surface area (Å²) in [7, 11) is 3.17. The molecular weight excluding hydrogens is 496 g/mol. The highest BCUT2D eigenvalue weighted by molar-refractivity contribution is 6.31. The average Bonchev–Trinajstić information content (AvgIpc) is 3.58. The van der Waals surface area contributed by atoms with Crippen molar-refractivity contribution in [2.24, 2.45) is 5.92 Å². The highest BCUT2D eigenvalue weighted by Crippen LogP contribution is 2.40. The van der Waals surface area contributed by atoms with E-state index in [9.17, 15) is 9.59 Å². The summed E-state index contributed by atoms with van der Waals surface area (Å²) in [6.45, 7) is 1.13. The Hall–Kier alpha value is -3.91. The predicted octanol–water partition coefficient (Wildman–Crippen LogP) is 4.26. The molecule has 9 heteroatoms. The van der Waals surface area contributed by atoms with Gasteiger partial charge in [0.2, 0.25) is 12.7 Å². The van der Waals surface area contributed by atoms with Crippen LogP contribution in [-0.4, -0.2) is 50.8 Å². The van der Waals surface area contributed by atoms with Crippen molar-refractivity contribution < 1.29 is 28.5 Å². The Morgan fingerprint density at radius 2 is 1.84 bits per heavy atom. The third-order valence-electron chi connectivity index (χ3n) is 6.76. The van der Waals surface area contributed by atoms with Crippen molar-refractivity contribution in [3.05, 3.63) is 82.4 Å². The Morgan fingerprint density at radius 1 is 1.00 bits per heavy atom. The number of hydrogen-bond acceptors (Lipinski definition) is 6. The van der Waals surface area contributed by atoms with Crippen molar-refractivity contribution in [2.45, 2.75) is 12.5 Å². The third kappa shape index (κ3) is 5.15. The molecule has 0 saturated carbocycles. The highest BCUT2D eigenvalue weighted by Gasteiger charge is 2.41. The molecule has 0 aliphatic carbocycles. The van der Waals surface area contributed by atoms with Crippen LogP contribution in [0.5, 0.6) is 23.0 Å². The molecule has 2 aliphatic rings. The van der Waals surface area contributed by atoms with E-state index in [4.69, 9.17) is 30.5 Å². The SMILES string of the molecule is COc1ccc(C2CN(C(=O)c3cccc(Cl)c3)CC2C(=O)NCc2ccc3c(c2)OCO3)c(OC)c1. The summed E-state index contributed by atoms with van der Waals surface area (Å²) in [5, 5.41) is 3.52. The number of nitrogens with zero attached hydrogens (tertiary/aromatic N) is 1. The fourth-order valence-corrected chi connectivity index (χ4v) is 5.04. The number of nitrogens with one attached hydrogen (secondary N) is 1. The number of hydrogen-bond donors (Lipinski definition) is 1. The Labute approximate surface area is 220 Å². The largest absolute Gasteiger partial charge is 0.497 e. The number of fused-ring (bicyclic) bond motifs is 1. The number of rotatable bonds is 7. The molecule has 1 fully saturated rings. The molecule has 2 aliphatic heterocycles. The first-order chi connectivity index (χ1) is 18.0. The van der Waals surface area contributed by atoms with Crippen molar-refractivity contribution in [1.29, 1.82) is 0 Å². The van der Waals surface area contributed by atoms with Gasteiger partial charge in [0.05, 0.1) is 20.1 Å². The van der Waals surface area contributed by atoms with Crippen LogP contribution in [0.15, 0.2) is 60.7 Å². The maximum atomic E-state index is 13.5. The van der Waals surface area contributed by atoms with Gasteiger partial charge in [-0.3, -0.25) is 9.59 Å². The van der Waals surface area contributed by atoms with Crippen LogP contribution in [0.2, 0.25) is 5.02 Å². The molecule has 0 aromatic heterocycles. The molecule has 1 saturated heterocycles. The smallest absolute Gasteiger partial charge is 0.253 e. The lowest BCUT2D eigenvalue weighted by molar-refractivity contribution is -0.125. The predicted molar refractivity (Wildman–Crippen MR) is 138 cm³/mol. The maximum Gasteiger partial charge on any atom is 0.253 e. The summed E-state index contributed by atoms with van der Waals surface area (Å²) in [4.78, 5) is 28.6. The number of carbonyl (C=O) groups excluding carboxylic acids is 2. The Balaban J connectivity index is 1.39. The van der Waals surface area contributed by atoms with Crippen LogP contribution in [0.1, 0.15) is 27.4 Å². The molecule has 0 spiro atoms. The van der Waals surface area contributed by atoms with Gasteiger partial charge in [0.15, 0.2) is 11.5 Å². The van der Waals surface area contributed by atoms with Gasteiger partial charge in [0, 0.05) is 47.8 Å². The van der Waals surface area contributed by atoms with E-state index in [-0.39, 0.29) is 31.1 Å². The Kier molecular flexibility index (Phi) is 7.10. The van der Waals surface area contributed by atoms with Crippen LogP contribution < -0.4 is 24.3 Å². The van der Waals surface area contributed by atoms with Crippen LogP contribution in [-0.2, 0) is 11.3 Å². The summed E-state index contributed by atoms with van der Waals surface area (Å²) >= 11 is 6.12. The van der Waals surface area contributed by atoms with Crippen molar-refractivity contribution in [1.82, 2.24) is 10.2 Å². The maximum absolute atomic E-state index is 13.5. The molecule has 5 rings (SSSR count). The van der Waals surface area contributed by atoms with E-state index in [1.54, 1.807) is 49.5 Å². The fourth-order valence-electron chi connectivity index (χ4n) is 4.85. The standard InChI is InChI=1S/C28H27ClN2O6/c1-34-20-7-8-21(25(12-20)35-2)22-14-31(28(33)18-4-3-5-19(29)11-18)15-23(22)27(32)30-13-17-6-9-24-26(10-17)37-16-36-24/h3-12,22-23H,13-16H2,1-2H3,(H,30,32). The van der Waals surface area contributed by atoms with E-state index in [1.807, 2.05) is 30.3 Å². The van der Waals surface area contributed by atoms with Gasteiger partial charge in [0.25, 0.3) is 5.91 Å². The second kappa shape index (κ2) is 10.6. The molecule has 0 bridgehead atoms. The number of carbonyl (C=O) groups is 2.